The lowest BCUT2D eigenvalue weighted by Gasteiger charge is -2.25. The summed E-state index contributed by atoms with van der Waals surface area (Å²) in [4.78, 5) is 96.1. The molecule has 0 saturated carbocycles. The zero-order valence-corrected chi connectivity index (χ0v) is 57.6. The second kappa shape index (κ2) is 66.2. The highest BCUT2D eigenvalue weighted by Crippen LogP contribution is 2.15. The van der Waals surface area contributed by atoms with E-state index in [9.17, 15) is 58.8 Å². The van der Waals surface area contributed by atoms with Crippen molar-refractivity contribution in [3.8, 4) is 0 Å². The number of carboxylic acid groups (broad SMARTS) is 1. The van der Waals surface area contributed by atoms with Crippen molar-refractivity contribution in [3.63, 3.8) is 0 Å². The second-order valence-electron chi connectivity index (χ2n) is 23.7. The van der Waals surface area contributed by atoms with Gasteiger partial charge in [0.15, 0.2) is 24.5 Å². The van der Waals surface area contributed by atoms with Gasteiger partial charge in [0.1, 0.15) is 38.9 Å². The minimum Gasteiger partial charge on any atom is -0.481 e. The Balaban J connectivity index is 3.78. The maximum absolute atomic E-state index is 12.4. The van der Waals surface area contributed by atoms with Gasteiger partial charge in [0.2, 0.25) is 35.4 Å². The molecule has 31 heteroatoms. The number of ketones is 1. The van der Waals surface area contributed by atoms with Crippen molar-refractivity contribution in [1.29, 1.82) is 0 Å². The molecule has 0 saturated heterocycles. The Hall–Kier alpha value is -4.68. The number of carbonyl (C=O) groups excluding carboxylic acids is 7. The summed E-state index contributed by atoms with van der Waals surface area (Å²) in [5.41, 5.74) is 0. The minimum absolute atomic E-state index is 0.00281. The molecule has 6 amide bonds. The van der Waals surface area contributed by atoms with Crippen LogP contribution in [0.5, 0.6) is 0 Å². The fraction of sp³-hybridized carbons (Fsp3) is 0.877. The molecule has 0 bridgehead atoms. The Morgan fingerprint density at radius 2 is 0.719 bits per heavy atom. The van der Waals surface area contributed by atoms with Gasteiger partial charge >= 0.3 is 5.97 Å². The van der Waals surface area contributed by atoms with Crippen molar-refractivity contribution in [3.05, 3.63) is 0 Å². The van der Waals surface area contributed by atoms with Crippen LogP contribution >= 0.6 is 0 Å². The number of aliphatic hydroxyl groups is 6. The number of aliphatic carboxylic acids is 1. The number of amides is 6. The number of carboxylic acids is 1. The highest BCUT2D eigenvalue weighted by atomic mass is 16.5. The number of hydrogen-bond donors (Lipinski definition) is 15. The van der Waals surface area contributed by atoms with Crippen LogP contribution in [-0.4, -0.2) is 258 Å². The smallest absolute Gasteiger partial charge is 0.303 e. The Bertz CT molecular complexity index is 1950. The number of nitrogens with one attached hydrogen (secondary N) is 8. The van der Waals surface area contributed by atoms with Gasteiger partial charge in [-0.3, -0.25) is 49.0 Å². The zero-order valence-electron chi connectivity index (χ0n) is 57.6. The maximum atomic E-state index is 12.4. The first kappa shape index (κ1) is 91.3. The van der Waals surface area contributed by atoms with E-state index < -0.39 is 74.0 Å². The van der Waals surface area contributed by atoms with E-state index in [0.29, 0.717) is 38.8 Å². The van der Waals surface area contributed by atoms with Crippen molar-refractivity contribution < 1.29 is 112 Å². The van der Waals surface area contributed by atoms with E-state index in [4.69, 9.17) is 53.2 Å². The van der Waals surface area contributed by atoms with E-state index in [-0.39, 0.29) is 161 Å². The van der Waals surface area contributed by atoms with Crippen molar-refractivity contribution in [1.82, 2.24) is 42.5 Å². The van der Waals surface area contributed by atoms with Gasteiger partial charge in [0.25, 0.3) is 0 Å². The SMILES string of the molecule is CC(=O)C(NC(=O)COCCOCCNC(=O)COCCOCCNC(=O)CC[C@H](C)NC(=O)CCCCCCCCCCCCC(O)O)NC(=O)COCCOCCNC(=O)COCCOCCNC(O)CCC(N[C@@H](O)CCCCCCCCCCCCC(=O)O)C(O)O. The van der Waals surface area contributed by atoms with Crippen molar-refractivity contribution in [2.24, 2.45) is 0 Å². The predicted molar refractivity (Wildman–Crippen MR) is 354 cm³/mol. The van der Waals surface area contributed by atoms with Gasteiger partial charge < -0.3 is 106 Å². The molecule has 96 heavy (non-hydrogen) atoms. The summed E-state index contributed by atoms with van der Waals surface area (Å²) in [6.07, 6.45) is 17.3. The molecule has 5 atom stereocenters. The summed E-state index contributed by atoms with van der Waals surface area (Å²) in [7, 11) is 0. The average Bonchev–Trinajstić information content (AvgIpc) is 2.15. The molecule has 562 valence electrons. The second-order valence-corrected chi connectivity index (χ2v) is 23.7. The van der Waals surface area contributed by atoms with Crippen LogP contribution < -0.4 is 42.5 Å². The van der Waals surface area contributed by atoms with E-state index in [1.54, 1.807) is 0 Å². The summed E-state index contributed by atoms with van der Waals surface area (Å²) >= 11 is 0. The molecule has 0 aliphatic heterocycles. The van der Waals surface area contributed by atoms with E-state index in [1.165, 1.54) is 19.8 Å². The number of Topliss-reactive ketones (excluding diaryl/α,β-unsaturated/α-hetero) is 1. The molecule has 0 radical (unpaired) electrons. The van der Waals surface area contributed by atoms with Gasteiger partial charge in [-0.1, -0.05) is 103 Å². The van der Waals surface area contributed by atoms with Crippen molar-refractivity contribution >= 4 is 47.2 Å². The summed E-state index contributed by atoms with van der Waals surface area (Å²) < 4.78 is 42.9. The molecular weight excluding hydrogens is 1260 g/mol. The molecule has 0 aromatic rings. The number of aliphatic hydroxyl groups excluding tert-OH is 4. The normalized spacial score (nSPS) is 13.1. The molecular formula is C65H124N8O23. The third-order valence-electron chi connectivity index (χ3n) is 14.7. The van der Waals surface area contributed by atoms with Gasteiger partial charge in [0.05, 0.1) is 85.3 Å². The fourth-order valence-electron chi connectivity index (χ4n) is 9.37. The molecule has 15 N–H and O–H groups in total. The van der Waals surface area contributed by atoms with E-state index in [0.717, 1.165) is 116 Å². The Kier molecular flexibility index (Phi) is 63.0. The predicted octanol–water partition coefficient (Wildman–Crippen LogP) is 0.933. The number of hydrogen-bond acceptors (Lipinski definition) is 24. The summed E-state index contributed by atoms with van der Waals surface area (Å²) in [6.45, 7) is 4.66. The first-order chi connectivity index (χ1) is 46.3. The van der Waals surface area contributed by atoms with Crippen molar-refractivity contribution in [2.45, 2.75) is 237 Å². The first-order valence-electron chi connectivity index (χ1n) is 34.9. The number of rotatable bonds is 72. The molecule has 0 aromatic heterocycles. The van der Waals surface area contributed by atoms with Crippen LogP contribution in [0.1, 0.15) is 194 Å². The van der Waals surface area contributed by atoms with E-state index in [2.05, 4.69) is 42.5 Å². The molecule has 0 rings (SSSR count). The Labute approximate surface area is 568 Å². The van der Waals surface area contributed by atoms with Gasteiger partial charge in [-0.15, -0.1) is 0 Å². The van der Waals surface area contributed by atoms with Crippen LogP contribution in [0, 0.1) is 0 Å². The van der Waals surface area contributed by atoms with Crippen LogP contribution in [0.4, 0.5) is 0 Å². The maximum Gasteiger partial charge on any atom is 0.303 e. The summed E-state index contributed by atoms with van der Waals surface area (Å²) in [6, 6.07) is -0.948. The topological polar surface area (TPSA) is 448 Å². The molecule has 0 heterocycles. The van der Waals surface area contributed by atoms with Gasteiger partial charge in [-0.25, -0.2) is 0 Å². The molecule has 0 aromatic carbocycles. The number of ether oxygens (including phenoxy) is 8. The highest BCUT2D eigenvalue weighted by molar-refractivity contribution is 5.91. The van der Waals surface area contributed by atoms with Crippen LogP contribution in [0.15, 0.2) is 0 Å². The van der Waals surface area contributed by atoms with Crippen LogP contribution in [-0.2, 0) is 76.3 Å². The van der Waals surface area contributed by atoms with Crippen LogP contribution in [0.25, 0.3) is 0 Å². The van der Waals surface area contributed by atoms with Crippen LogP contribution in [0.2, 0.25) is 0 Å². The largest absolute Gasteiger partial charge is 0.481 e. The Morgan fingerprint density at radius 1 is 0.344 bits per heavy atom. The Morgan fingerprint density at radius 3 is 1.14 bits per heavy atom. The van der Waals surface area contributed by atoms with Gasteiger partial charge in [-0.2, -0.15) is 0 Å². The molecule has 31 nitrogen and oxygen atoms in total. The quantitative estimate of drug-likeness (QED) is 0.0297. The standard InChI is InChI=1S/C65H124N8O23/c1-51(70-56(77)23-19-15-11-7-3-5-9-13-17-21-25-62(83)84)27-29-54(75)66-31-35-89-39-43-93-47-58(79)68-33-37-91-41-45-95-49-60(81)72-64(52(2)74)73-61(82)50-96-46-42-92-38-34-69-59(80)48-94-44-40-90-36-32-67-55(76)30-28-53(65(87)88)71-57(78)24-20-16-12-8-4-6-10-14-18-22-26-63(85)86/h51,53,55,57,62,64-65,67,71,76,78,83-84,87-88H,3-50H2,1-2H3,(H,66,75)(H,68,79)(H,69,80)(H,70,77)(H,72,81)(H,73,82)(H,85,86)/t51-,53?,55?,57-,64?/m0/s1. The summed E-state index contributed by atoms with van der Waals surface area (Å²) in [5, 5.41) is 88.2. The monoisotopic (exact) mass is 1380 g/mol. The lowest BCUT2D eigenvalue weighted by atomic mass is 10.0. The van der Waals surface area contributed by atoms with E-state index in [1.807, 2.05) is 6.92 Å². The third-order valence-corrected chi connectivity index (χ3v) is 14.7. The highest BCUT2D eigenvalue weighted by Gasteiger charge is 2.22. The lowest BCUT2D eigenvalue weighted by Crippen LogP contribution is -2.53. The number of carbonyl (C=O) groups is 8. The lowest BCUT2D eigenvalue weighted by molar-refractivity contribution is -0.137. The molecule has 0 spiro atoms. The minimum atomic E-state index is -1.72. The first-order valence-corrected chi connectivity index (χ1v) is 34.9. The van der Waals surface area contributed by atoms with Gasteiger partial charge in [-0.05, 0) is 71.6 Å². The average molecular weight is 1390 g/mol. The molecule has 0 fully saturated rings. The molecule has 0 aliphatic carbocycles. The molecule has 3 unspecified atom stereocenters. The number of unbranched alkanes of at least 4 members (excludes halogenated alkanes) is 18. The van der Waals surface area contributed by atoms with Gasteiger partial charge in [0, 0.05) is 51.5 Å². The van der Waals surface area contributed by atoms with Crippen molar-refractivity contribution in [2.75, 3.05) is 132 Å². The van der Waals surface area contributed by atoms with E-state index >= 15 is 0 Å². The van der Waals surface area contributed by atoms with Crippen LogP contribution in [0.3, 0.4) is 0 Å². The summed E-state index contributed by atoms with van der Waals surface area (Å²) in [5.74, 6) is -3.48. The molecule has 0 aliphatic rings. The third kappa shape index (κ3) is 65.3. The fourth-order valence-corrected chi connectivity index (χ4v) is 9.37. The zero-order chi connectivity index (χ0) is 70.9.